The topological polar surface area (TPSA) is 47.6 Å². The Labute approximate surface area is 127 Å². The van der Waals surface area contributed by atoms with E-state index in [9.17, 15) is 4.79 Å². The minimum atomic E-state index is -0.332. The van der Waals surface area contributed by atoms with E-state index in [1.807, 2.05) is 27.7 Å². The van der Waals surface area contributed by atoms with Crippen LogP contribution in [-0.4, -0.2) is 31.8 Å². The summed E-state index contributed by atoms with van der Waals surface area (Å²) in [5, 5.41) is 3.20. The van der Waals surface area contributed by atoms with Crippen molar-refractivity contribution in [3.05, 3.63) is 28.8 Å². The van der Waals surface area contributed by atoms with Gasteiger partial charge in [-0.3, -0.25) is 4.79 Å². The summed E-state index contributed by atoms with van der Waals surface area (Å²) in [5.74, 6) is 0.665. The van der Waals surface area contributed by atoms with Crippen LogP contribution in [0.15, 0.2) is 12.1 Å². The number of hydrogen-bond donors (Lipinski definition) is 1. The Balaban J connectivity index is 2.64. The molecular formula is C17H27NO3. The Hall–Kier alpha value is -1.55. The summed E-state index contributed by atoms with van der Waals surface area (Å²) in [7, 11) is 1.41. The second-order valence-electron chi connectivity index (χ2n) is 5.76. The number of hydrogen-bond acceptors (Lipinski definition) is 4. The molecule has 1 atom stereocenters. The van der Waals surface area contributed by atoms with Crippen molar-refractivity contribution >= 4 is 5.97 Å². The van der Waals surface area contributed by atoms with Gasteiger partial charge in [0.2, 0.25) is 0 Å². The van der Waals surface area contributed by atoms with Crippen molar-refractivity contribution in [3.63, 3.8) is 0 Å². The largest absolute Gasteiger partial charge is 0.493 e. The fraction of sp³-hybridized carbons (Fsp3) is 0.588. The first kappa shape index (κ1) is 17.5. The normalized spacial score (nSPS) is 12.3. The number of rotatable bonds is 7. The molecule has 0 fully saturated rings. The Morgan fingerprint density at radius 2 is 1.76 bits per heavy atom. The predicted molar refractivity (Wildman–Crippen MR) is 84.8 cm³/mol. The van der Waals surface area contributed by atoms with E-state index in [-0.39, 0.29) is 18.1 Å². The minimum Gasteiger partial charge on any atom is -0.493 e. The Kier molecular flexibility index (Phi) is 6.69. The van der Waals surface area contributed by atoms with Gasteiger partial charge in [0.25, 0.3) is 0 Å². The van der Waals surface area contributed by atoms with Crippen LogP contribution in [0.1, 0.15) is 37.0 Å². The first-order chi connectivity index (χ1) is 9.85. The van der Waals surface area contributed by atoms with Gasteiger partial charge in [-0.25, -0.2) is 0 Å². The average Bonchev–Trinajstić information content (AvgIpc) is 2.38. The number of aryl methyl sites for hydroxylation is 3. The molecule has 0 heterocycles. The lowest BCUT2D eigenvalue weighted by molar-refractivity contribution is -0.143. The van der Waals surface area contributed by atoms with Crippen LogP contribution >= 0.6 is 0 Å². The van der Waals surface area contributed by atoms with Crippen LogP contribution in [0, 0.1) is 20.8 Å². The molecule has 1 aromatic carbocycles. The van der Waals surface area contributed by atoms with E-state index >= 15 is 0 Å². The monoisotopic (exact) mass is 293 g/mol. The second-order valence-corrected chi connectivity index (χ2v) is 5.76. The molecule has 1 rings (SSSR count). The zero-order valence-corrected chi connectivity index (χ0v) is 13.9. The van der Waals surface area contributed by atoms with Crippen molar-refractivity contribution in [3.8, 4) is 5.75 Å². The molecule has 0 saturated heterocycles. The minimum absolute atomic E-state index is 0.219. The van der Waals surface area contributed by atoms with Crippen molar-refractivity contribution in [2.75, 3.05) is 13.7 Å². The zero-order chi connectivity index (χ0) is 16.0. The van der Waals surface area contributed by atoms with Crippen molar-refractivity contribution < 1.29 is 14.3 Å². The summed E-state index contributed by atoms with van der Waals surface area (Å²) in [6.45, 7) is 10.6. The Bertz CT molecular complexity index is 460. The van der Waals surface area contributed by atoms with E-state index in [0.717, 1.165) is 16.9 Å². The lowest BCUT2D eigenvalue weighted by Crippen LogP contribution is -2.42. The van der Waals surface area contributed by atoms with Crippen LogP contribution in [0.5, 0.6) is 5.75 Å². The fourth-order valence-corrected chi connectivity index (χ4v) is 2.49. The number of methoxy groups -OCH3 is 1. The van der Waals surface area contributed by atoms with Gasteiger partial charge in [0, 0.05) is 12.5 Å². The van der Waals surface area contributed by atoms with E-state index in [4.69, 9.17) is 9.47 Å². The summed E-state index contributed by atoms with van der Waals surface area (Å²) in [5.41, 5.74) is 3.48. The van der Waals surface area contributed by atoms with Gasteiger partial charge in [-0.1, -0.05) is 31.5 Å². The highest BCUT2D eigenvalue weighted by atomic mass is 16.5. The molecule has 0 aliphatic heterocycles. The molecule has 1 aromatic rings. The summed E-state index contributed by atoms with van der Waals surface area (Å²) in [6, 6.07) is 4.09. The molecular weight excluding hydrogens is 266 g/mol. The fourth-order valence-electron chi connectivity index (χ4n) is 2.49. The maximum Gasteiger partial charge on any atom is 0.322 e. The number of carbonyl (C=O) groups excluding carboxylic acids is 1. The lowest BCUT2D eigenvalue weighted by Gasteiger charge is -2.20. The molecule has 1 N–H and O–H groups in total. The number of ether oxygens (including phenoxy) is 2. The highest BCUT2D eigenvalue weighted by Gasteiger charge is 2.20. The van der Waals surface area contributed by atoms with Crippen molar-refractivity contribution in [1.29, 1.82) is 0 Å². The molecule has 4 nitrogen and oxygen atoms in total. The molecule has 0 aliphatic rings. The van der Waals surface area contributed by atoms with Gasteiger partial charge in [-0.05, 0) is 31.9 Å². The van der Waals surface area contributed by atoms with Gasteiger partial charge >= 0.3 is 5.97 Å². The van der Waals surface area contributed by atoms with Crippen LogP contribution in [0.3, 0.4) is 0 Å². The van der Waals surface area contributed by atoms with Crippen LogP contribution in [0.25, 0.3) is 0 Å². The van der Waals surface area contributed by atoms with Gasteiger partial charge in [0.05, 0.1) is 13.7 Å². The van der Waals surface area contributed by atoms with E-state index < -0.39 is 0 Å². The third kappa shape index (κ3) is 5.38. The molecule has 0 bridgehead atoms. The first-order valence-corrected chi connectivity index (χ1v) is 7.39. The van der Waals surface area contributed by atoms with Crippen LogP contribution < -0.4 is 10.1 Å². The van der Waals surface area contributed by atoms with Gasteiger partial charge in [-0.15, -0.1) is 0 Å². The Morgan fingerprint density at radius 1 is 1.19 bits per heavy atom. The van der Waals surface area contributed by atoms with Crippen molar-refractivity contribution in [2.24, 2.45) is 0 Å². The number of esters is 1. The number of carbonyl (C=O) groups is 1. The summed E-state index contributed by atoms with van der Waals surface area (Å²) in [6.07, 6.45) is 0.581. The second kappa shape index (κ2) is 8.03. The van der Waals surface area contributed by atoms with E-state index in [0.29, 0.717) is 13.0 Å². The Morgan fingerprint density at radius 3 is 2.24 bits per heavy atom. The number of benzene rings is 1. The highest BCUT2D eigenvalue weighted by molar-refractivity contribution is 5.75. The van der Waals surface area contributed by atoms with Gasteiger partial charge in [0.15, 0.2) is 0 Å². The summed E-state index contributed by atoms with van der Waals surface area (Å²) < 4.78 is 10.7. The molecule has 118 valence electrons. The SMILES string of the molecule is COC(=O)C(CCOc1c(C)cc(C)cc1C)NC(C)C. The standard InChI is InChI=1S/C17H27NO3/c1-11(2)18-15(17(19)20-6)7-8-21-16-13(4)9-12(3)10-14(16)5/h9-11,15,18H,7-8H2,1-6H3. The van der Waals surface area contributed by atoms with E-state index in [1.165, 1.54) is 12.7 Å². The molecule has 0 aliphatic carbocycles. The lowest BCUT2D eigenvalue weighted by atomic mass is 10.1. The maximum atomic E-state index is 11.7. The third-order valence-corrected chi connectivity index (χ3v) is 3.28. The molecule has 21 heavy (non-hydrogen) atoms. The van der Waals surface area contributed by atoms with Crippen LogP contribution in [0.4, 0.5) is 0 Å². The smallest absolute Gasteiger partial charge is 0.322 e. The maximum absolute atomic E-state index is 11.7. The third-order valence-electron chi connectivity index (χ3n) is 3.28. The van der Waals surface area contributed by atoms with Crippen LogP contribution in [-0.2, 0) is 9.53 Å². The molecule has 0 amide bonds. The zero-order valence-electron chi connectivity index (χ0n) is 13.9. The highest BCUT2D eigenvalue weighted by Crippen LogP contribution is 2.24. The van der Waals surface area contributed by atoms with E-state index in [1.54, 1.807) is 0 Å². The molecule has 0 spiro atoms. The van der Waals surface area contributed by atoms with Crippen LogP contribution in [0.2, 0.25) is 0 Å². The summed E-state index contributed by atoms with van der Waals surface area (Å²) in [4.78, 5) is 11.7. The molecule has 0 aromatic heterocycles. The molecule has 0 radical (unpaired) electrons. The quantitative estimate of drug-likeness (QED) is 0.785. The van der Waals surface area contributed by atoms with E-state index in [2.05, 4.69) is 24.4 Å². The van der Waals surface area contributed by atoms with Crippen molar-refractivity contribution in [2.45, 2.75) is 53.1 Å². The summed E-state index contributed by atoms with van der Waals surface area (Å²) >= 11 is 0. The van der Waals surface area contributed by atoms with Gasteiger partial charge in [-0.2, -0.15) is 0 Å². The molecule has 4 heteroatoms. The predicted octanol–water partition coefficient (Wildman–Crippen LogP) is 2.92. The van der Waals surface area contributed by atoms with Gasteiger partial charge in [0.1, 0.15) is 11.8 Å². The van der Waals surface area contributed by atoms with Gasteiger partial charge < -0.3 is 14.8 Å². The molecule has 1 unspecified atom stereocenters. The first-order valence-electron chi connectivity index (χ1n) is 7.39. The average molecular weight is 293 g/mol. The molecule has 0 saturated carbocycles. The van der Waals surface area contributed by atoms with Crippen molar-refractivity contribution in [1.82, 2.24) is 5.32 Å². The number of nitrogens with one attached hydrogen (secondary N) is 1.